The summed E-state index contributed by atoms with van der Waals surface area (Å²) in [5.41, 5.74) is 2.37. The number of hydrogen-bond acceptors (Lipinski definition) is 5. The molecule has 0 aliphatic carbocycles. The number of thioether (sulfide) groups is 1. The highest BCUT2D eigenvalue weighted by atomic mass is 32.2. The van der Waals surface area contributed by atoms with E-state index in [0.717, 1.165) is 21.4 Å². The number of hydrogen-bond donors (Lipinski definition) is 1. The Morgan fingerprint density at radius 1 is 1.29 bits per heavy atom. The maximum Gasteiger partial charge on any atom is 0.257 e. The molecule has 0 radical (unpaired) electrons. The summed E-state index contributed by atoms with van der Waals surface area (Å²) in [6.45, 7) is 0.507. The molecule has 4 rings (SSSR count). The number of ether oxygens (including phenoxy) is 1. The van der Waals surface area contributed by atoms with E-state index >= 15 is 0 Å². The Hall–Kier alpha value is -2.64. The number of para-hydroxylation sites is 1. The molecule has 2 unspecified atom stereocenters. The number of nitrogens with zero attached hydrogens (tertiary/aromatic N) is 2. The van der Waals surface area contributed by atoms with E-state index in [-0.39, 0.29) is 11.5 Å². The summed E-state index contributed by atoms with van der Waals surface area (Å²) in [5.74, 6) is -0.122. The van der Waals surface area contributed by atoms with Crippen molar-refractivity contribution in [2.75, 3.05) is 13.7 Å². The van der Waals surface area contributed by atoms with E-state index < -0.39 is 11.4 Å². The van der Waals surface area contributed by atoms with Crippen LogP contribution < -0.4 is 10.9 Å². The fraction of sp³-hybridized carbons (Fsp3) is 0.286. The standard InChI is InChI=1S/C21H21N3O3S/c1-24-15-8-4-3-7-14(15)18-16(21(24)26)17(27-2)19(28-18)20(25)23-11-9-13-6-5-10-22-12-13/h3-8,10,12,17,19H,9,11H2,1-2H3,(H,23,25). The van der Waals surface area contributed by atoms with Crippen molar-refractivity contribution in [3.05, 3.63) is 70.3 Å². The minimum atomic E-state index is -0.568. The van der Waals surface area contributed by atoms with Crippen LogP contribution in [0.4, 0.5) is 0 Å². The molecular formula is C21H21N3O3S. The number of carbonyl (C=O) groups is 1. The molecule has 1 aliphatic rings. The molecule has 7 heteroatoms. The van der Waals surface area contributed by atoms with Gasteiger partial charge in [0.05, 0.1) is 11.1 Å². The van der Waals surface area contributed by atoms with Gasteiger partial charge in [-0.1, -0.05) is 24.3 Å². The Balaban J connectivity index is 1.59. The second-order valence-electron chi connectivity index (χ2n) is 6.72. The summed E-state index contributed by atoms with van der Waals surface area (Å²) in [6, 6.07) is 11.6. The second kappa shape index (κ2) is 7.77. The molecule has 0 bridgehead atoms. The van der Waals surface area contributed by atoms with Crippen LogP contribution in [0, 0.1) is 0 Å². The first kappa shape index (κ1) is 18.7. The maximum absolute atomic E-state index is 12.9. The smallest absolute Gasteiger partial charge is 0.257 e. The fourth-order valence-corrected chi connectivity index (χ4v) is 5.06. The molecule has 0 saturated carbocycles. The van der Waals surface area contributed by atoms with Gasteiger partial charge in [-0.15, -0.1) is 11.8 Å². The molecule has 28 heavy (non-hydrogen) atoms. The third kappa shape index (κ3) is 3.21. The molecule has 0 spiro atoms. The lowest BCUT2D eigenvalue weighted by atomic mass is 10.0. The highest BCUT2D eigenvalue weighted by Gasteiger charge is 2.41. The Labute approximate surface area is 166 Å². The average Bonchev–Trinajstić information content (AvgIpc) is 3.13. The highest BCUT2D eigenvalue weighted by Crippen LogP contribution is 2.47. The predicted octanol–water partition coefficient (Wildman–Crippen LogP) is 2.45. The molecular weight excluding hydrogens is 374 g/mol. The lowest BCUT2D eigenvalue weighted by molar-refractivity contribution is -0.122. The summed E-state index contributed by atoms with van der Waals surface area (Å²) in [4.78, 5) is 30.7. The van der Waals surface area contributed by atoms with Crippen molar-refractivity contribution in [2.24, 2.45) is 7.05 Å². The summed E-state index contributed by atoms with van der Waals surface area (Å²) in [7, 11) is 3.30. The van der Waals surface area contributed by atoms with Crippen LogP contribution in [-0.2, 0) is 23.0 Å². The fourth-order valence-electron chi connectivity index (χ4n) is 3.62. The first-order valence-corrected chi connectivity index (χ1v) is 9.97. The first-order chi connectivity index (χ1) is 13.6. The number of amides is 1. The van der Waals surface area contributed by atoms with Crippen molar-refractivity contribution < 1.29 is 9.53 Å². The van der Waals surface area contributed by atoms with E-state index in [2.05, 4.69) is 10.3 Å². The molecule has 6 nitrogen and oxygen atoms in total. The lowest BCUT2D eigenvalue weighted by Crippen LogP contribution is -2.37. The Kier molecular flexibility index (Phi) is 5.19. The van der Waals surface area contributed by atoms with E-state index in [4.69, 9.17) is 4.74 Å². The zero-order valence-electron chi connectivity index (χ0n) is 15.7. The topological polar surface area (TPSA) is 73.2 Å². The Bertz CT molecular complexity index is 1080. The van der Waals surface area contributed by atoms with Gasteiger partial charge in [-0.25, -0.2) is 0 Å². The molecule has 1 N–H and O–H groups in total. The zero-order valence-corrected chi connectivity index (χ0v) is 16.5. The molecule has 2 aromatic heterocycles. The van der Waals surface area contributed by atoms with Gasteiger partial charge in [0.1, 0.15) is 11.4 Å². The van der Waals surface area contributed by atoms with E-state index in [1.54, 1.807) is 31.1 Å². The van der Waals surface area contributed by atoms with E-state index in [9.17, 15) is 9.59 Å². The third-order valence-corrected chi connectivity index (χ3v) is 6.43. The molecule has 3 aromatic rings. The number of benzene rings is 1. The van der Waals surface area contributed by atoms with Gasteiger partial charge in [-0.3, -0.25) is 14.6 Å². The molecule has 1 aliphatic heterocycles. The number of pyridine rings is 2. The maximum atomic E-state index is 12.9. The quantitative estimate of drug-likeness (QED) is 0.718. The van der Waals surface area contributed by atoms with Crippen LogP contribution in [0.15, 0.2) is 58.5 Å². The molecule has 0 saturated heterocycles. The average molecular weight is 395 g/mol. The summed E-state index contributed by atoms with van der Waals surface area (Å²) >= 11 is 1.41. The van der Waals surface area contributed by atoms with Crippen LogP contribution in [0.3, 0.4) is 0 Å². The predicted molar refractivity (Wildman–Crippen MR) is 110 cm³/mol. The van der Waals surface area contributed by atoms with Crippen LogP contribution >= 0.6 is 11.8 Å². The lowest BCUT2D eigenvalue weighted by Gasteiger charge is -2.17. The summed E-state index contributed by atoms with van der Waals surface area (Å²) in [5, 5.41) is 3.45. The number of carbonyl (C=O) groups excluding carboxylic acids is 1. The molecule has 1 aromatic carbocycles. The van der Waals surface area contributed by atoms with Crippen LogP contribution in [0.5, 0.6) is 0 Å². The van der Waals surface area contributed by atoms with Gasteiger partial charge in [0.15, 0.2) is 0 Å². The van der Waals surface area contributed by atoms with Gasteiger partial charge in [0.25, 0.3) is 5.56 Å². The molecule has 3 heterocycles. The van der Waals surface area contributed by atoms with Gasteiger partial charge < -0.3 is 14.6 Å². The van der Waals surface area contributed by atoms with Gasteiger partial charge in [-0.2, -0.15) is 0 Å². The van der Waals surface area contributed by atoms with Gasteiger partial charge in [0, 0.05) is 43.4 Å². The van der Waals surface area contributed by atoms with E-state index in [0.29, 0.717) is 18.5 Å². The minimum Gasteiger partial charge on any atom is -0.375 e. The normalized spacial score (nSPS) is 18.2. The van der Waals surface area contributed by atoms with E-state index in [1.165, 1.54) is 11.8 Å². The third-order valence-electron chi connectivity index (χ3n) is 5.04. The molecule has 144 valence electrons. The number of methoxy groups -OCH3 is 1. The van der Waals surface area contributed by atoms with Crippen LogP contribution in [-0.4, -0.2) is 34.4 Å². The molecule has 2 atom stereocenters. The van der Waals surface area contributed by atoms with Crippen molar-refractivity contribution in [3.8, 4) is 0 Å². The first-order valence-electron chi connectivity index (χ1n) is 9.09. The van der Waals surface area contributed by atoms with Crippen LogP contribution in [0.2, 0.25) is 0 Å². The number of aryl methyl sites for hydroxylation is 1. The number of rotatable bonds is 5. The van der Waals surface area contributed by atoms with Gasteiger partial charge in [0.2, 0.25) is 5.91 Å². The van der Waals surface area contributed by atoms with Crippen LogP contribution in [0.25, 0.3) is 10.9 Å². The zero-order chi connectivity index (χ0) is 19.7. The number of fused-ring (bicyclic) bond motifs is 3. The van der Waals surface area contributed by atoms with Crippen molar-refractivity contribution in [1.29, 1.82) is 0 Å². The summed E-state index contributed by atoms with van der Waals surface area (Å²) < 4.78 is 7.24. The monoisotopic (exact) mass is 395 g/mol. The van der Waals surface area contributed by atoms with Crippen molar-refractivity contribution in [1.82, 2.24) is 14.9 Å². The minimum absolute atomic E-state index is 0.112. The second-order valence-corrected chi connectivity index (χ2v) is 7.87. The van der Waals surface area contributed by atoms with Crippen LogP contribution in [0.1, 0.15) is 17.2 Å². The Morgan fingerprint density at radius 2 is 2.11 bits per heavy atom. The van der Waals surface area contributed by atoms with E-state index in [1.807, 2.05) is 36.4 Å². The SMILES string of the molecule is COC1c2c(c3ccccc3n(C)c2=O)SC1C(=O)NCCc1cccnc1. The van der Waals surface area contributed by atoms with Crippen molar-refractivity contribution >= 4 is 28.6 Å². The molecule has 1 amide bonds. The van der Waals surface area contributed by atoms with Crippen molar-refractivity contribution in [2.45, 2.75) is 22.7 Å². The van der Waals surface area contributed by atoms with Crippen molar-refractivity contribution in [3.63, 3.8) is 0 Å². The molecule has 0 fully saturated rings. The number of aromatic nitrogens is 2. The number of nitrogens with one attached hydrogen (secondary N) is 1. The van der Waals surface area contributed by atoms with Gasteiger partial charge >= 0.3 is 0 Å². The largest absolute Gasteiger partial charge is 0.375 e. The summed E-state index contributed by atoms with van der Waals surface area (Å²) in [6.07, 6.45) is 3.65. The highest BCUT2D eigenvalue weighted by molar-refractivity contribution is 8.01. The van der Waals surface area contributed by atoms with Gasteiger partial charge in [-0.05, 0) is 24.1 Å². The Morgan fingerprint density at radius 3 is 2.86 bits per heavy atom.